The maximum Gasteiger partial charge on any atom is 0.137 e. The van der Waals surface area contributed by atoms with Gasteiger partial charge in [-0.1, -0.05) is 29.3 Å². The third-order valence-corrected chi connectivity index (χ3v) is 3.12. The van der Waals surface area contributed by atoms with E-state index in [4.69, 9.17) is 23.2 Å². The summed E-state index contributed by atoms with van der Waals surface area (Å²) in [5.74, 6) is 0. The van der Waals surface area contributed by atoms with E-state index in [-0.39, 0.29) is 24.0 Å². The number of pyridine rings is 1. The Morgan fingerprint density at radius 3 is 2.61 bits per heavy atom. The summed E-state index contributed by atoms with van der Waals surface area (Å²) >= 11 is 12.0. The molecule has 1 aromatic carbocycles. The number of benzene rings is 1. The molecule has 5 heteroatoms. The molecule has 0 fully saturated rings. The summed E-state index contributed by atoms with van der Waals surface area (Å²) in [7, 11) is 0. The highest BCUT2D eigenvalue weighted by Crippen LogP contribution is 2.29. The second kappa shape index (κ2) is 5.47. The lowest BCUT2D eigenvalue weighted by molar-refractivity contribution is 1.19. The summed E-state index contributed by atoms with van der Waals surface area (Å²) in [6, 6.07) is 11.3. The molecular formula is C13H9Cl2IN2. The number of fused-ring (bicyclic) bond motifs is 1. The van der Waals surface area contributed by atoms with Crippen molar-refractivity contribution < 1.29 is 0 Å². The average molecular weight is 391 g/mol. The van der Waals surface area contributed by atoms with Crippen LogP contribution in [0.1, 0.15) is 0 Å². The minimum absolute atomic E-state index is 0. The van der Waals surface area contributed by atoms with Gasteiger partial charge < -0.3 is 4.40 Å². The van der Waals surface area contributed by atoms with Gasteiger partial charge in [-0.3, -0.25) is 0 Å². The average Bonchev–Trinajstić information content (AvgIpc) is 2.72. The van der Waals surface area contributed by atoms with Crippen molar-refractivity contribution in [1.82, 2.24) is 9.38 Å². The lowest BCUT2D eigenvalue weighted by Crippen LogP contribution is -1.79. The molecule has 0 aliphatic heterocycles. The normalized spacial score (nSPS) is 10.3. The maximum absolute atomic E-state index is 6.16. The monoisotopic (exact) mass is 390 g/mol. The second-order valence-corrected chi connectivity index (χ2v) is 4.56. The predicted molar refractivity (Wildman–Crippen MR) is 86.1 cm³/mol. The largest absolute Gasteiger partial charge is 0.306 e. The zero-order chi connectivity index (χ0) is 11.8. The summed E-state index contributed by atoms with van der Waals surface area (Å²) in [5.41, 5.74) is 2.63. The second-order valence-electron chi connectivity index (χ2n) is 3.72. The van der Waals surface area contributed by atoms with Gasteiger partial charge in [0.1, 0.15) is 5.65 Å². The van der Waals surface area contributed by atoms with E-state index in [2.05, 4.69) is 4.98 Å². The molecule has 0 saturated heterocycles. The van der Waals surface area contributed by atoms with Crippen molar-refractivity contribution in [2.75, 3.05) is 0 Å². The minimum atomic E-state index is 0. The quantitative estimate of drug-likeness (QED) is 0.538. The molecule has 2 aromatic heterocycles. The first-order chi connectivity index (χ1) is 8.24. The Bertz CT molecular complexity index is 661. The van der Waals surface area contributed by atoms with Crippen LogP contribution in [0.4, 0.5) is 0 Å². The van der Waals surface area contributed by atoms with Crippen LogP contribution < -0.4 is 0 Å². The van der Waals surface area contributed by atoms with E-state index in [1.54, 1.807) is 6.07 Å². The fourth-order valence-corrected chi connectivity index (χ4v) is 2.27. The Labute approximate surface area is 132 Å². The molecule has 2 heterocycles. The van der Waals surface area contributed by atoms with Gasteiger partial charge in [0.05, 0.1) is 10.7 Å². The molecule has 0 aliphatic rings. The van der Waals surface area contributed by atoms with Crippen LogP contribution in [-0.2, 0) is 0 Å². The highest BCUT2D eigenvalue weighted by atomic mass is 127. The molecule has 0 amide bonds. The van der Waals surface area contributed by atoms with Crippen LogP contribution in [-0.4, -0.2) is 9.38 Å². The zero-order valence-corrected chi connectivity index (χ0v) is 13.0. The molecule has 2 nitrogen and oxygen atoms in total. The Balaban J connectivity index is 0.00000120. The van der Waals surface area contributed by atoms with Crippen LogP contribution in [0.15, 0.2) is 48.8 Å². The summed E-state index contributed by atoms with van der Waals surface area (Å²) < 4.78 is 1.96. The lowest BCUT2D eigenvalue weighted by atomic mass is 10.2. The maximum atomic E-state index is 6.16. The van der Waals surface area contributed by atoms with Gasteiger partial charge in [0.2, 0.25) is 0 Å². The molecule has 0 radical (unpaired) electrons. The summed E-state index contributed by atoms with van der Waals surface area (Å²) in [5, 5.41) is 1.24. The van der Waals surface area contributed by atoms with Crippen molar-refractivity contribution in [1.29, 1.82) is 0 Å². The molecule has 0 unspecified atom stereocenters. The van der Waals surface area contributed by atoms with Gasteiger partial charge in [-0.15, -0.1) is 24.0 Å². The van der Waals surface area contributed by atoms with E-state index in [1.807, 2.05) is 47.1 Å². The highest BCUT2D eigenvalue weighted by molar-refractivity contribution is 14.0. The SMILES string of the molecule is Clc1ccc(-c2cn3ccccc3n2)c(Cl)c1.I. The van der Waals surface area contributed by atoms with Crippen molar-refractivity contribution in [2.24, 2.45) is 0 Å². The Morgan fingerprint density at radius 1 is 1.06 bits per heavy atom. The molecule has 3 rings (SSSR count). The van der Waals surface area contributed by atoms with Crippen molar-refractivity contribution in [2.45, 2.75) is 0 Å². The van der Waals surface area contributed by atoms with Crippen molar-refractivity contribution in [3.8, 4) is 11.3 Å². The number of imidazole rings is 1. The van der Waals surface area contributed by atoms with Crippen molar-refractivity contribution >= 4 is 52.8 Å². The van der Waals surface area contributed by atoms with Crippen LogP contribution in [0.2, 0.25) is 10.0 Å². The van der Waals surface area contributed by atoms with Gasteiger partial charge in [-0.05, 0) is 30.3 Å². The van der Waals surface area contributed by atoms with Gasteiger partial charge >= 0.3 is 0 Å². The van der Waals surface area contributed by atoms with Gasteiger partial charge in [0.25, 0.3) is 0 Å². The van der Waals surface area contributed by atoms with E-state index < -0.39 is 0 Å². The summed E-state index contributed by atoms with van der Waals surface area (Å²) in [4.78, 5) is 4.51. The van der Waals surface area contributed by atoms with Crippen molar-refractivity contribution in [3.63, 3.8) is 0 Å². The third kappa shape index (κ3) is 2.48. The molecule has 18 heavy (non-hydrogen) atoms. The van der Waals surface area contributed by atoms with Crippen LogP contribution in [0.5, 0.6) is 0 Å². The molecule has 0 aliphatic carbocycles. The van der Waals surface area contributed by atoms with Crippen LogP contribution in [0.25, 0.3) is 16.9 Å². The third-order valence-electron chi connectivity index (χ3n) is 2.57. The van der Waals surface area contributed by atoms with E-state index in [1.165, 1.54) is 0 Å². The lowest BCUT2D eigenvalue weighted by Gasteiger charge is -2.00. The molecule has 3 aromatic rings. The first kappa shape index (κ1) is 13.6. The van der Waals surface area contributed by atoms with Crippen LogP contribution >= 0.6 is 47.2 Å². The molecule has 0 bridgehead atoms. The van der Waals surface area contributed by atoms with Crippen LogP contribution in [0.3, 0.4) is 0 Å². The standard InChI is InChI=1S/C13H8Cl2N2.HI/c14-9-4-5-10(11(15)7-9)12-8-17-6-2-1-3-13(17)16-12;/h1-8H;1H. The first-order valence-electron chi connectivity index (χ1n) is 5.13. The van der Waals surface area contributed by atoms with E-state index in [9.17, 15) is 0 Å². The number of hydrogen-bond acceptors (Lipinski definition) is 1. The fraction of sp³-hybridized carbons (Fsp3) is 0. The summed E-state index contributed by atoms with van der Waals surface area (Å²) in [6.07, 6.45) is 3.90. The molecule has 0 atom stereocenters. The van der Waals surface area contributed by atoms with E-state index >= 15 is 0 Å². The Kier molecular flexibility index (Phi) is 4.14. The molecule has 0 N–H and O–H groups in total. The highest BCUT2D eigenvalue weighted by Gasteiger charge is 2.08. The number of halogens is 3. The van der Waals surface area contributed by atoms with Crippen molar-refractivity contribution in [3.05, 3.63) is 58.8 Å². The molecule has 0 saturated carbocycles. The van der Waals surface area contributed by atoms with Gasteiger partial charge in [-0.25, -0.2) is 4.98 Å². The zero-order valence-electron chi connectivity index (χ0n) is 9.18. The first-order valence-corrected chi connectivity index (χ1v) is 5.89. The van der Waals surface area contributed by atoms with Gasteiger partial charge in [0, 0.05) is 23.0 Å². The molecule has 92 valence electrons. The van der Waals surface area contributed by atoms with Gasteiger partial charge in [-0.2, -0.15) is 0 Å². The number of aromatic nitrogens is 2. The number of rotatable bonds is 1. The van der Waals surface area contributed by atoms with Crippen LogP contribution in [0, 0.1) is 0 Å². The van der Waals surface area contributed by atoms with E-state index in [0.29, 0.717) is 10.0 Å². The molecule has 0 spiro atoms. The summed E-state index contributed by atoms with van der Waals surface area (Å²) in [6.45, 7) is 0. The van der Waals surface area contributed by atoms with E-state index in [0.717, 1.165) is 16.9 Å². The minimum Gasteiger partial charge on any atom is -0.306 e. The number of nitrogens with zero attached hydrogens (tertiary/aromatic N) is 2. The number of hydrogen-bond donors (Lipinski definition) is 0. The Morgan fingerprint density at radius 2 is 1.89 bits per heavy atom. The predicted octanol–water partition coefficient (Wildman–Crippen LogP) is 4.93. The smallest absolute Gasteiger partial charge is 0.137 e. The van der Waals surface area contributed by atoms with Gasteiger partial charge in [0.15, 0.2) is 0 Å². The Hall–Kier alpha value is -0.780. The topological polar surface area (TPSA) is 17.3 Å². The fourth-order valence-electron chi connectivity index (χ4n) is 1.76. The molecular weight excluding hydrogens is 382 g/mol.